The lowest BCUT2D eigenvalue weighted by Crippen LogP contribution is -2.34. The molecular formula is C14H18N4O2S. The van der Waals surface area contributed by atoms with E-state index in [1.165, 1.54) is 10.5 Å². The maximum Gasteiger partial charge on any atom is 0.245 e. The van der Waals surface area contributed by atoms with E-state index in [0.29, 0.717) is 23.1 Å². The first-order valence-corrected chi connectivity index (χ1v) is 8.10. The number of nitrogens with two attached hydrogens (primary N) is 1. The number of nitriles is 1. The summed E-state index contributed by atoms with van der Waals surface area (Å²) in [4.78, 5) is 3.13. The van der Waals surface area contributed by atoms with Gasteiger partial charge in [0.1, 0.15) is 4.90 Å². The lowest BCUT2D eigenvalue weighted by atomic mass is 10.2. The predicted octanol–water partition coefficient (Wildman–Crippen LogP) is 1.92. The number of benzene rings is 1. The molecule has 1 aromatic heterocycles. The van der Waals surface area contributed by atoms with Crippen LogP contribution in [0.25, 0.3) is 10.9 Å². The number of nitrogens with zero attached hydrogens (tertiary/aromatic N) is 2. The second-order valence-electron chi connectivity index (χ2n) is 4.94. The fourth-order valence-electron chi connectivity index (χ4n) is 2.21. The van der Waals surface area contributed by atoms with Gasteiger partial charge in [0, 0.05) is 35.9 Å². The number of fused-ring (bicyclic) bond motifs is 1. The number of anilines is 1. The summed E-state index contributed by atoms with van der Waals surface area (Å²) in [5, 5.41) is 9.46. The number of hydrogen-bond donors (Lipinski definition) is 2. The van der Waals surface area contributed by atoms with Crippen molar-refractivity contribution in [3.63, 3.8) is 0 Å². The molecule has 7 heteroatoms. The van der Waals surface area contributed by atoms with Gasteiger partial charge in [-0.3, -0.25) is 0 Å². The van der Waals surface area contributed by atoms with Crippen LogP contribution in [0, 0.1) is 17.2 Å². The van der Waals surface area contributed by atoms with Crippen molar-refractivity contribution in [2.75, 3.05) is 18.8 Å². The summed E-state index contributed by atoms with van der Waals surface area (Å²) in [7, 11) is -3.66. The molecule has 3 N–H and O–H groups in total. The van der Waals surface area contributed by atoms with Gasteiger partial charge in [-0.25, -0.2) is 8.42 Å². The summed E-state index contributed by atoms with van der Waals surface area (Å²) in [5.74, 6) is -0.366. The largest absolute Gasteiger partial charge is 0.399 e. The number of hydrogen-bond acceptors (Lipinski definition) is 4. The van der Waals surface area contributed by atoms with E-state index in [1.807, 2.05) is 0 Å². The van der Waals surface area contributed by atoms with Crippen molar-refractivity contribution in [2.24, 2.45) is 5.92 Å². The highest BCUT2D eigenvalue weighted by atomic mass is 32.2. The minimum atomic E-state index is -3.66. The lowest BCUT2D eigenvalue weighted by Gasteiger charge is -2.21. The summed E-state index contributed by atoms with van der Waals surface area (Å²) in [6.45, 7) is 3.93. The fraction of sp³-hybridized carbons (Fsp3) is 0.357. The molecule has 1 atom stereocenters. The van der Waals surface area contributed by atoms with E-state index in [0.717, 1.165) is 0 Å². The second kappa shape index (κ2) is 5.76. The first-order chi connectivity index (χ1) is 9.90. The standard InChI is InChI=1S/C14H18N4O2S/c1-3-18(9-10(2)7-15)21(19,20)14-8-17-13-5-4-11(16)6-12(13)14/h4-6,8,10,17H,3,9,16H2,1-2H3. The van der Waals surface area contributed by atoms with Gasteiger partial charge in [0.2, 0.25) is 10.0 Å². The molecule has 21 heavy (non-hydrogen) atoms. The molecule has 0 radical (unpaired) electrons. The van der Waals surface area contributed by atoms with Crippen molar-refractivity contribution in [2.45, 2.75) is 18.7 Å². The van der Waals surface area contributed by atoms with E-state index in [1.54, 1.807) is 32.0 Å². The predicted molar refractivity (Wildman–Crippen MR) is 81.9 cm³/mol. The molecule has 6 nitrogen and oxygen atoms in total. The Bertz CT molecular complexity index is 789. The summed E-state index contributed by atoms with van der Waals surface area (Å²) in [6.07, 6.45) is 1.47. The highest BCUT2D eigenvalue weighted by Crippen LogP contribution is 2.27. The van der Waals surface area contributed by atoms with E-state index in [2.05, 4.69) is 11.1 Å². The van der Waals surface area contributed by atoms with Gasteiger partial charge >= 0.3 is 0 Å². The monoisotopic (exact) mass is 306 g/mol. The molecule has 1 heterocycles. The van der Waals surface area contributed by atoms with Gasteiger partial charge in [-0.15, -0.1) is 0 Å². The molecule has 0 aliphatic carbocycles. The second-order valence-corrected chi connectivity index (χ2v) is 6.85. The number of sulfonamides is 1. The Kier molecular flexibility index (Phi) is 4.21. The van der Waals surface area contributed by atoms with Crippen LogP contribution in [-0.4, -0.2) is 30.8 Å². The SMILES string of the molecule is CCN(CC(C)C#N)S(=O)(=O)c1c[nH]c2ccc(N)cc12. The topological polar surface area (TPSA) is 103 Å². The molecule has 0 saturated carbocycles. The number of H-pyrrole nitrogens is 1. The summed E-state index contributed by atoms with van der Waals surface area (Å²) in [5.41, 5.74) is 6.96. The third-order valence-electron chi connectivity index (χ3n) is 3.34. The van der Waals surface area contributed by atoms with E-state index in [-0.39, 0.29) is 17.4 Å². The molecule has 0 saturated heterocycles. The van der Waals surface area contributed by atoms with Gasteiger partial charge in [-0.1, -0.05) is 6.92 Å². The molecule has 0 amide bonds. The first kappa shape index (κ1) is 15.4. The normalized spacial score (nSPS) is 13.4. The van der Waals surface area contributed by atoms with E-state index in [4.69, 9.17) is 11.0 Å². The summed E-state index contributed by atoms with van der Waals surface area (Å²) < 4.78 is 26.8. The molecule has 2 rings (SSSR count). The highest BCUT2D eigenvalue weighted by Gasteiger charge is 2.27. The van der Waals surface area contributed by atoms with Gasteiger partial charge in [0.05, 0.1) is 12.0 Å². The first-order valence-electron chi connectivity index (χ1n) is 6.66. The van der Waals surface area contributed by atoms with Crippen molar-refractivity contribution in [1.82, 2.24) is 9.29 Å². The van der Waals surface area contributed by atoms with Crippen molar-refractivity contribution in [1.29, 1.82) is 5.26 Å². The van der Waals surface area contributed by atoms with Crippen molar-refractivity contribution in [3.05, 3.63) is 24.4 Å². The van der Waals surface area contributed by atoms with Crippen molar-refractivity contribution >= 4 is 26.6 Å². The molecular weight excluding hydrogens is 288 g/mol. The van der Waals surface area contributed by atoms with Crippen LogP contribution in [0.3, 0.4) is 0 Å². The van der Waals surface area contributed by atoms with E-state index in [9.17, 15) is 8.42 Å². The van der Waals surface area contributed by atoms with Crippen LogP contribution < -0.4 is 5.73 Å². The number of nitrogens with one attached hydrogen (secondary N) is 1. The minimum absolute atomic E-state index is 0.171. The lowest BCUT2D eigenvalue weighted by molar-refractivity contribution is 0.400. The molecule has 0 fully saturated rings. The van der Waals surface area contributed by atoms with Crippen LogP contribution in [0.5, 0.6) is 0 Å². The summed E-state index contributed by atoms with van der Waals surface area (Å²) >= 11 is 0. The van der Waals surface area contributed by atoms with E-state index >= 15 is 0 Å². The van der Waals surface area contributed by atoms with Gasteiger partial charge in [-0.2, -0.15) is 9.57 Å². The van der Waals surface area contributed by atoms with Crippen molar-refractivity contribution < 1.29 is 8.42 Å². The fourth-order valence-corrected chi connectivity index (χ4v) is 3.90. The zero-order valence-electron chi connectivity index (χ0n) is 12.0. The molecule has 112 valence electrons. The third-order valence-corrected chi connectivity index (χ3v) is 5.32. The van der Waals surface area contributed by atoms with Gasteiger partial charge in [-0.05, 0) is 25.1 Å². The van der Waals surface area contributed by atoms with E-state index < -0.39 is 10.0 Å². The molecule has 0 spiro atoms. The van der Waals surface area contributed by atoms with Crippen LogP contribution in [0.15, 0.2) is 29.3 Å². The third kappa shape index (κ3) is 2.86. The maximum absolute atomic E-state index is 12.8. The Hall–Kier alpha value is -2.04. The number of rotatable bonds is 5. The Morgan fingerprint density at radius 3 is 2.81 bits per heavy atom. The number of aromatic nitrogens is 1. The Labute approximate surface area is 124 Å². The molecule has 0 aliphatic heterocycles. The minimum Gasteiger partial charge on any atom is -0.399 e. The number of aromatic amines is 1. The average molecular weight is 306 g/mol. The van der Waals surface area contributed by atoms with Gasteiger partial charge in [0.15, 0.2) is 0 Å². The van der Waals surface area contributed by atoms with Gasteiger partial charge < -0.3 is 10.7 Å². The quantitative estimate of drug-likeness (QED) is 0.824. The summed E-state index contributed by atoms with van der Waals surface area (Å²) in [6, 6.07) is 7.16. The molecule has 2 aromatic rings. The Morgan fingerprint density at radius 1 is 1.48 bits per heavy atom. The smallest absolute Gasteiger partial charge is 0.245 e. The highest BCUT2D eigenvalue weighted by molar-refractivity contribution is 7.89. The zero-order chi connectivity index (χ0) is 15.6. The Morgan fingerprint density at radius 2 is 2.19 bits per heavy atom. The van der Waals surface area contributed by atoms with Crippen LogP contribution in [0.1, 0.15) is 13.8 Å². The zero-order valence-corrected chi connectivity index (χ0v) is 12.8. The van der Waals surface area contributed by atoms with Crippen LogP contribution in [-0.2, 0) is 10.0 Å². The number of nitrogen functional groups attached to an aromatic ring is 1. The van der Waals surface area contributed by atoms with Crippen LogP contribution in [0.4, 0.5) is 5.69 Å². The molecule has 0 bridgehead atoms. The molecule has 1 aromatic carbocycles. The van der Waals surface area contributed by atoms with Crippen LogP contribution in [0.2, 0.25) is 0 Å². The molecule has 0 aliphatic rings. The van der Waals surface area contributed by atoms with Crippen molar-refractivity contribution in [3.8, 4) is 6.07 Å². The molecule has 1 unspecified atom stereocenters. The van der Waals surface area contributed by atoms with Gasteiger partial charge in [0.25, 0.3) is 0 Å². The van der Waals surface area contributed by atoms with Crippen LogP contribution >= 0.6 is 0 Å². The average Bonchev–Trinajstić information content (AvgIpc) is 2.87. The maximum atomic E-state index is 12.8. The Balaban J connectivity index is 2.50.